The number of anilines is 1. The number of nitrogens with one attached hydrogen (secondary N) is 1. The molecule has 2 saturated heterocycles. The Hall–Kier alpha value is -2.77. The van der Waals surface area contributed by atoms with E-state index in [4.69, 9.17) is 4.74 Å². The summed E-state index contributed by atoms with van der Waals surface area (Å²) in [5, 5.41) is 3.02. The number of benzene rings is 2. The van der Waals surface area contributed by atoms with Crippen molar-refractivity contribution in [2.45, 2.75) is 33.6 Å². The van der Waals surface area contributed by atoms with Crippen molar-refractivity contribution in [1.82, 2.24) is 10.2 Å². The number of rotatable bonds is 7. The molecule has 7 heteroatoms. The van der Waals surface area contributed by atoms with Gasteiger partial charge in [-0.1, -0.05) is 25.1 Å². The number of nitrogens with zero attached hydrogens (tertiary/aromatic N) is 2. The van der Waals surface area contributed by atoms with Gasteiger partial charge in [-0.2, -0.15) is 0 Å². The average molecular weight is 482 g/mol. The number of carbonyl (C=O) groups excluding carboxylic acids is 2. The van der Waals surface area contributed by atoms with Gasteiger partial charge in [0.05, 0.1) is 13.2 Å². The maximum atomic E-state index is 14.3. The number of amides is 2. The van der Waals surface area contributed by atoms with Crippen molar-refractivity contribution in [2.75, 3.05) is 50.8 Å². The predicted molar refractivity (Wildman–Crippen MR) is 135 cm³/mol. The van der Waals surface area contributed by atoms with Crippen LogP contribution in [0, 0.1) is 31.5 Å². The first-order valence-corrected chi connectivity index (χ1v) is 12.6. The second kappa shape index (κ2) is 11.3. The first kappa shape index (κ1) is 25.3. The summed E-state index contributed by atoms with van der Waals surface area (Å²) in [6.45, 7) is 11.0. The molecule has 2 atom stereocenters. The summed E-state index contributed by atoms with van der Waals surface area (Å²) < 4.78 is 19.6. The SMILES string of the molecule is Cc1cc(C(=O)NCCN2CCOCC2)cc(C)c1N1C[C@@H](Cc2ccccc2F)C[C@@H](C)C1=O. The summed E-state index contributed by atoms with van der Waals surface area (Å²) in [7, 11) is 0. The van der Waals surface area contributed by atoms with Crippen LogP contribution in [0.2, 0.25) is 0 Å². The lowest BCUT2D eigenvalue weighted by Crippen LogP contribution is -2.46. The average Bonchev–Trinajstić information content (AvgIpc) is 2.83. The van der Waals surface area contributed by atoms with E-state index < -0.39 is 0 Å². The molecule has 4 rings (SSSR count). The number of carbonyl (C=O) groups is 2. The van der Waals surface area contributed by atoms with Crippen LogP contribution in [0.15, 0.2) is 36.4 Å². The van der Waals surface area contributed by atoms with Crippen molar-refractivity contribution < 1.29 is 18.7 Å². The lowest BCUT2D eigenvalue weighted by Gasteiger charge is -2.38. The Morgan fingerprint density at radius 3 is 2.51 bits per heavy atom. The topological polar surface area (TPSA) is 61.9 Å². The van der Waals surface area contributed by atoms with Gasteiger partial charge in [0.2, 0.25) is 5.91 Å². The third-order valence-electron chi connectivity index (χ3n) is 7.12. The van der Waals surface area contributed by atoms with Crippen LogP contribution in [0.4, 0.5) is 10.1 Å². The summed E-state index contributed by atoms with van der Waals surface area (Å²) in [4.78, 5) is 30.1. The zero-order valence-corrected chi connectivity index (χ0v) is 21.0. The fourth-order valence-electron chi connectivity index (χ4n) is 5.38. The molecule has 1 N–H and O–H groups in total. The minimum atomic E-state index is -0.194. The van der Waals surface area contributed by atoms with Crippen LogP contribution < -0.4 is 10.2 Å². The molecule has 2 aromatic carbocycles. The van der Waals surface area contributed by atoms with E-state index >= 15 is 0 Å². The van der Waals surface area contributed by atoms with E-state index in [1.807, 2.05) is 49.9 Å². The van der Waals surface area contributed by atoms with Gasteiger partial charge >= 0.3 is 0 Å². The first-order chi connectivity index (χ1) is 16.8. The van der Waals surface area contributed by atoms with Gasteiger partial charge in [-0.15, -0.1) is 0 Å². The zero-order valence-electron chi connectivity index (χ0n) is 21.0. The van der Waals surface area contributed by atoms with Crippen molar-refractivity contribution in [1.29, 1.82) is 0 Å². The molecule has 2 amide bonds. The quantitative estimate of drug-likeness (QED) is 0.655. The van der Waals surface area contributed by atoms with Crippen LogP contribution in [0.1, 0.15) is 40.4 Å². The van der Waals surface area contributed by atoms with E-state index in [9.17, 15) is 14.0 Å². The standard InChI is InChI=1S/C28H36FN3O3/c1-19-15-24(27(33)30-8-9-31-10-12-35-13-11-31)16-20(2)26(19)32-18-22(14-21(3)28(32)34)17-23-6-4-5-7-25(23)29/h4-7,15-16,21-22H,8-14,17-18H2,1-3H3,(H,30,33)/t21-,22-/m1/s1. The molecule has 0 radical (unpaired) electrons. The molecular weight excluding hydrogens is 445 g/mol. The second-order valence-corrected chi connectivity index (χ2v) is 9.92. The van der Waals surface area contributed by atoms with Gasteiger partial charge in [-0.3, -0.25) is 14.5 Å². The summed E-state index contributed by atoms with van der Waals surface area (Å²) in [6, 6.07) is 10.6. The van der Waals surface area contributed by atoms with Crippen molar-refractivity contribution in [2.24, 2.45) is 11.8 Å². The number of aryl methyl sites for hydroxylation is 2. The fraction of sp³-hybridized carbons (Fsp3) is 0.500. The molecule has 2 aliphatic heterocycles. The molecule has 0 aromatic heterocycles. The monoisotopic (exact) mass is 481 g/mol. The molecule has 0 bridgehead atoms. The van der Waals surface area contributed by atoms with Crippen molar-refractivity contribution in [3.63, 3.8) is 0 Å². The highest BCUT2D eigenvalue weighted by Gasteiger charge is 2.34. The largest absolute Gasteiger partial charge is 0.379 e. The Morgan fingerprint density at radius 2 is 1.83 bits per heavy atom. The lowest BCUT2D eigenvalue weighted by molar-refractivity contribution is -0.124. The maximum Gasteiger partial charge on any atom is 0.251 e. The van der Waals surface area contributed by atoms with Gasteiger partial charge in [0.25, 0.3) is 5.91 Å². The molecule has 0 aliphatic carbocycles. The molecule has 6 nitrogen and oxygen atoms in total. The van der Waals surface area contributed by atoms with Crippen molar-refractivity contribution in [3.8, 4) is 0 Å². The van der Waals surface area contributed by atoms with Gasteiger partial charge in [0.1, 0.15) is 5.82 Å². The maximum absolute atomic E-state index is 14.3. The minimum absolute atomic E-state index is 0.0868. The Labute approximate surface area is 207 Å². The van der Waals surface area contributed by atoms with Crippen LogP contribution in [0.3, 0.4) is 0 Å². The van der Waals surface area contributed by atoms with E-state index in [1.165, 1.54) is 6.07 Å². The Kier molecular flexibility index (Phi) is 8.19. The number of morpholine rings is 1. The summed E-state index contributed by atoms with van der Waals surface area (Å²) in [5.74, 6) is -0.181. The fourth-order valence-corrected chi connectivity index (χ4v) is 5.38. The van der Waals surface area contributed by atoms with Crippen LogP contribution in [-0.2, 0) is 16.0 Å². The van der Waals surface area contributed by atoms with Gasteiger partial charge in [0.15, 0.2) is 0 Å². The van der Waals surface area contributed by atoms with Crippen LogP contribution in [0.25, 0.3) is 0 Å². The lowest BCUT2D eigenvalue weighted by atomic mass is 9.84. The van der Waals surface area contributed by atoms with Crippen molar-refractivity contribution >= 4 is 17.5 Å². The molecule has 0 saturated carbocycles. The normalized spacial score (nSPS) is 21.3. The van der Waals surface area contributed by atoms with Gasteiger partial charge in [-0.05, 0) is 67.5 Å². The zero-order chi connectivity index (χ0) is 24.9. The summed E-state index contributed by atoms with van der Waals surface area (Å²) in [6.07, 6.45) is 1.34. The Bertz CT molecular complexity index is 1040. The number of halogens is 1. The highest BCUT2D eigenvalue weighted by molar-refractivity contribution is 5.99. The molecule has 2 heterocycles. The highest BCUT2D eigenvalue weighted by Crippen LogP contribution is 2.34. The molecule has 0 spiro atoms. The third-order valence-corrected chi connectivity index (χ3v) is 7.12. The molecule has 2 aromatic rings. The second-order valence-electron chi connectivity index (χ2n) is 9.92. The number of hydrogen-bond donors (Lipinski definition) is 1. The smallest absolute Gasteiger partial charge is 0.251 e. The Morgan fingerprint density at radius 1 is 1.14 bits per heavy atom. The molecule has 35 heavy (non-hydrogen) atoms. The summed E-state index contributed by atoms with van der Waals surface area (Å²) >= 11 is 0. The first-order valence-electron chi connectivity index (χ1n) is 12.6. The highest BCUT2D eigenvalue weighted by atomic mass is 19.1. The molecule has 2 aliphatic rings. The van der Waals surface area contributed by atoms with E-state index in [1.54, 1.807) is 6.07 Å². The molecular formula is C28H36FN3O3. The van der Waals surface area contributed by atoms with E-state index in [0.717, 1.165) is 56.1 Å². The predicted octanol–water partition coefficient (Wildman–Crippen LogP) is 3.74. The van der Waals surface area contributed by atoms with Gasteiger partial charge in [0, 0.05) is 49.9 Å². The van der Waals surface area contributed by atoms with E-state index in [-0.39, 0.29) is 29.5 Å². The van der Waals surface area contributed by atoms with Crippen LogP contribution >= 0.6 is 0 Å². The van der Waals surface area contributed by atoms with Crippen LogP contribution in [0.5, 0.6) is 0 Å². The van der Waals surface area contributed by atoms with Crippen molar-refractivity contribution in [3.05, 3.63) is 64.5 Å². The van der Waals surface area contributed by atoms with Gasteiger partial charge < -0.3 is 15.0 Å². The minimum Gasteiger partial charge on any atom is -0.379 e. The number of hydrogen-bond acceptors (Lipinski definition) is 4. The van der Waals surface area contributed by atoms with E-state index in [2.05, 4.69) is 10.2 Å². The van der Waals surface area contributed by atoms with E-state index in [0.29, 0.717) is 30.6 Å². The molecule has 0 unspecified atom stereocenters. The molecule has 188 valence electrons. The van der Waals surface area contributed by atoms with Crippen LogP contribution in [-0.4, -0.2) is 62.7 Å². The third kappa shape index (κ3) is 6.08. The molecule has 2 fully saturated rings. The number of piperidine rings is 1. The Balaban J connectivity index is 1.45. The summed E-state index contributed by atoms with van der Waals surface area (Å²) in [5.41, 5.74) is 3.96. The number of ether oxygens (including phenoxy) is 1. The van der Waals surface area contributed by atoms with Gasteiger partial charge in [-0.25, -0.2) is 4.39 Å².